The first-order valence-electron chi connectivity index (χ1n) is 5.85. The Bertz CT molecular complexity index is 625. The molecule has 0 aliphatic heterocycles. The van der Waals surface area contributed by atoms with Crippen LogP contribution in [0.25, 0.3) is 0 Å². The van der Waals surface area contributed by atoms with E-state index in [0.29, 0.717) is 18.1 Å². The summed E-state index contributed by atoms with van der Waals surface area (Å²) in [5.74, 6) is 0.0239. The van der Waals surface area contributed by atoms with Gasteiger partial charge in [-0.3, -0.25) is 4.79 Å². The van der Waals surface area contributed by atoms with E-state index in [2.05, 4.69) is 4.99 Å². The number of phenolic OH excluding ortho intramolecular Hbond substituents is 1. The van der Waals surface area contributed by atoms with Crippen LogP contribution >= 0.6 is 23.2 Å². The van der Waals surface area contributed by atoms with Gasteiger partial charge in [0.1, 0.15) is 11.5 Å². The van der Waals surface area contributed by atoms with E-state index in [0.717, 1.165) is 0 Å². The topological polar surface area (TPSA) is 58.9 Å². The van der Waals surface area contributed by atoms with E-state index < -0.39 is 0 Å². The smallest absolute Gasteiger partial charge is 0.207 e. The second-order valence-electron chi connectivity index (χ2n) is 3.93. The van der Waals surface area contributed by atoms with Gasteiger partial charge in [0.25, 0.3) is 0 Å². The summed E-state index contributed by atoms with van der Waals surface area (Å²) in [4.78, 5) is 16.0. The van der Waals surface area contributed by atoms with Gasteiger partial charge in [0.2, 0.25) is 5.78 Å². The molecule has 6 heteroatoms. The van der Waals surface area contributed by atoms with Gasteiger partial charge in [0, 0.05) is 6.08 Å². The fourth-order valence-electron chi connectivity index (χ4n) is 1.60. The molecule has 2 rings (SSSR count). The van der Waals surface area contributed by atoms with Crippen molar-refractivity contribution in [3.8, 4) is 5.75 Å². The van der Waals surface area contributed by atoms with Crippen molar-refractivity contribution in [1.29, 1.82) is 0 Å². The average molecular weight is 312 g/mol. The highest BCUT2D eigenvalue weighted by Gasteiger charge is 2.14. The monoisotopic (exact) mass is 311 g/mol. The molecule has 0 heterocycles. The maximum Gasteiger partial charge on any atom is 0.207 e. The lowest BCUT2D eigenvalue weighted by atomic mass is 10.1. The van der Waals surface area contributed by atoms with Crippen molar-refractivity contribution >= 4 is 40.4 Å². The van der Waals surface area contributed by atoms with Crippen LogP contribution in [0.2, 0.25) is 10.0 Å². The number of carbonyl (C=O) groups excluding carboxylic acids is 1. The van der Waals surface area contributed by atoms with Gasteiger partial charge in [-0.25, -0.2) is 4.99 Å². The van der Waals surface area contributed by atoms with Crippen molar-refractivity contribution < 1.29 is 14.6 Å². The van der Waals surface area contributed by atoms with Crippen molar-refractivity contribution in [2.75, 3.05) is 6.61 Å². The summed E-state index contributed by atoms with van der Waals surface area (Å²) in [6.07, 6.45) is 4.58. The van der Waals surface area contributed by atoms with Crippen LogP contribution < -0.4 is 0 Å². The molecule has 0 spiro atoms. The lowest BCUT2D eigenvalue weighted by molar-refractivity contribution is -0.109. The van der Waals surface area contributed by atoms with Gasteiger partial charge in [-0.2, -0.15) is 0 Å². The number of ketones is 1. The normalized spacial score (nSPS) is 16.4. The average Bonchev–Trinajstić information content (AvgIpc) is 2.39. The Balaban J connectivity index is 2.30. The summed E-state index contributed by atoms with van der Waals surface area (Å²) < 4.78 is 5.23. The molecule has 0 radical (unpaired) electrons. The van der Waals surface area contributed by atoms with E-state index in [1.54, 1.807) is 12.2 Å². The molecule has 0 bridgehead atoms. The quantitative estimate of drug-likeness (QED) is 0.863. The number of carbonyl (C=O) groups is 1. The van der Waals surface area contributed by atoms with Crippen molar-refractivity contribution in [2.24, 2.45) is 4.99 Å². The van der Waals surface area contributed by atoms with Crippen LogP contribution in [0.5, 0.6) is 5.75 Å². The number of hydrogen-bond acceptors (Lipinski definition) is 4. The van der Waals surface area contributed by atoms with E-state index in [1.165, 1.54) is 18.2 Å². The third-order valence-corrected chi connectivity index (χ3v) is 3.07. The van der Waals surface area contributed by atoms with Gasteiger partial charge in [-0.15, -0.1) is 0 Å². The molecule has 0 fully saturated rings. The summed E-state index contributed by atoms with van der Waals surface area (Å²) in [5.41, 5.74) is 0.630. The lowest BCUT2D eigenvalue weighted by Gasteiger charge is -2.08. The highest BCUT2D eigenvalue weighted by Crippen LogP contribution is 2.35. The predicted octanol–water partition coefficient (Wildman–Crippen LogP) is 3.83. The molecular weight excluding hydrogens is 301 g/mol. The molecule has 4 nitrogen and oxygen atoms in total. The maximum absolute atomic E-state index is 11.9. The molecule has 0 amide bonds. The lowest BCUT2D eigenvalue weighted by Crippen LogP contribution is -2.13. The number of nitrogens with zero attached hydrogens (tertiary/aromatic N) is 1. The van der Waals surface area contributed by atoms with Crippen LogP contribution in [0, 0.1) is 0 Å². The van der Waals surface area contributed by atoms with Crippen LogP contribution in [0.1, 0.15) is 6.92 Å². The summed E-state index contributed by atoms with van der Waals surface area (Å²) in [5, 5.41) is 9.62. The number of allylic oxidation sites excluding steroid dienone is 3. The Hall–Kier alpha value is -1.78. The van der Waals surface area contributed by atoms with E-state index in [4.69, 9.17) is 27.9 Å². The molecule has 0 aromatic heterocycles. The van der Waals surface area contributed by atoms with Crippen molar-refractivity contribution in [2.45, 2.75) is 6.92 Å². The number of phenols is 1. The molecule has 1 aliphatic carbocycles. The first-order chi connectivity index (χ1) is 9.51. The van der Waals surface area contributed by atoms with Crippen LogP contribution in [0.15, 0.2) is 41.1 Å². The third kappa shape index (κ3) is 3.21. The number of aromatic hydroxyl groups is 1. The van der Waals surface area contributed by atoms with Gasteiger partial charge >= 0.3 is 0 Å². The predicted molar refractivity (Wildman–Crippen MR) is 79.1 cm³/mol. The molecule has 1 aromatic rings. The Labute approximate surface area is 126 Å². The molecule has 1 aromatic carbocycles. The number of halogens is 2. The van der Waals surface area contributed by atoms with E-state index in [1.807, 2.05) is 6.92 Å². The highest BCUT2D eigenvalue weighted by atomic mass is 35.5. The Morgan fingerprint density at radius 2 is 1.90 bits per heavy atom. The summed E-state index contributed by atoms with van der Waals surface area (Å²) in [6, 6.07) is 2.86. The van der Waals surface area contributed by atoms with Crippen LogP contribution in [0.4, 0.5) is 5.69 Å². The van der Waals surface area contributed by atoms with Gasteiger partial charge in [0.05, 0.1) is 22.3 Å². The minimum atomic E-state index is -0.267. The zero-order valence-corrected chi connectivity index (χ0v) is 12.1. The second-order valence-corrected chi connectivity index (χ2v) is 4.75. The zero-order valence-electron chi connectivity index (χ0n) is 10.6. The third-order valence-electron chi connectivity index (χ3n) is 2.49. The Morgan fingerprint density at radius 3 is 2.45 bits per heavy atom. The van der Waals surface area contributed by atoms with E-state index in [-0.39, 0.29) is 27.3 Å². The number of hydrogen-bond donors (Lipinski definition) is 1. The first-order valence-corrected chi connectivity index (χ1v) is 6.60. The molecule has 104 valence electrons. The van der Waals surface area contributed by atoms with Crippen molar-refractivity contribution in [1.82, 2.24) is 0 Å². The van der Waals surface area contributed by atoms with Crippen LogP contribution in [-0.4, -0.2) is 23.2 Å². The minimum absolute atomic E-state index is 0.0784. The molecule has 0 unspecified atom stereocenters. The van der Waals surface area contributed by atoms with E-state index in [9.17, 15) is 9.90 Å². The molecule has 20 heavy (non-hydrogen) atoms. The number of ether oxygens (including phenoxy) is 1. The van der Waals surface area contributed by atoms with Gasteiger partial charge in [-0.05, 0) is 31.2 Å². The standard InChI is InChI=1S/C14H11Cl2NO3/c1-2-20-9-3-4-12(13(18)7-9)17-8-5-10(15)14(19)11(16)6-8/h3-7,19H,2H2,1H3. The first kappa shape index (κ1) is 14.6. The number of rotatable bonds is 3. The van der Waals surface area contributed by atoms with Crippen LogP contribution in [-0.2, 0) is 9.53 Å². The molecule has 0 saturated heterocycles. The van der Waals surface area contributed by atoms with Crippen molar-refractivity contribution in [3.05, 3.63) is 46.2 Å². The SMILES string of the molecule is CCOC1=CC(=O)C(=Nc2cc(Cl)c(O)c(Cl)c2)C=C1. The Morgan fingerprint density at radius 1 is 1.25 bits per heavy atom. The maximum atomic E-state index is 11.9. The number of benzene rings is 1. The zero-order chi connectivity index (χ0) is 14.7. The molecule has 0 saturated carbocycles. The number of aliphatic imine (C=N–C) groups is 1. The fraction of sp³-hybridized carbons (Fsp3) is 0.143. The summed E-state index contributed by atoms with van der Waals surface area (Å²) in [6.45, 7) is 2.32. The highest BCUT2D eigenvalue weighted by molar-refractivity contribution is 6.49. The fourth-order valence-corrected chi connectivity index (χ4v) is 2.07. The van der Waals surface area contributed by atoms with Crippen LogP contribution in [0.3, 0.4) is 0 Å². The molecular formula is C14H11Cl2NO3. The molecule has 1 aliphatic rings. The Kier molecular flexibility index (Phi) is 4.47. The minimum Gasteiger partial charge on any atom is -0.505 e. The van der Waals surface area contributed by atoms with Gasteiger partial charge in [-0.1, -0.05) is 23.2 Å². The molecule has 1 N–H and O–H groups in total. The molecule has 0 atom stereocenters. The summed E-state index contributed by atoms with van der Waals surface area (Å²) >= 11 is 11.6. The van der Waals surface area contributed by atoms with Gasteiger partial charge in [0.15, 0.2) is 5.75 Å². The van der Waals surface area contributed by atoms with E-state index >= 15 is 0 Å². The second kappa shape index (κ2) is 6.11. The largest absolute Gasteiger partial charge is 0.505 e. The van der Waals surface area contributed by atoms with Crippen molar-refractivity contribution in [3.63, 3.8) is 0 Å². The summed E-state index contributed by atoms with van der Waals surface area (Å²) in [7, 11) is 0. The van der Waals surface area contributed by atoms with Gasteiger partial charge < -0.3 is 9.84 Å².